The Balaban J connectivity index is 1.94. The zero-order valence-electron chi connectivity index (χ0n) is 12.3. The van der Waals surface area contributed by atoms with Crippen molar-refractivity contribution in [3.05, 3.63) is 53.1 Å². The number of nitrogens with zero attached hydrogens (tertiary/aromatic N) is 1. The fraction of sp³-hybridized carbons (Fsp3) is 0.0625. The molecule has 1 heterocycles. The van der Waals surface area contributed by atoms with Gasteiger partial charge in [0.2, 0.25) is 0 Å². The highest BCUT2D eigenvalue weighted by atomic mass is 16.2. The van der Waals surface area contributed by atoms with Crippen LogP contribution in [0, 0.1) is 0 Å². The van der Waals surface area contributed by atoms with Gasteiger partial charge in [0.25, 0.3) is 17.7 Å². The molecule has 0 aliphatic carbocycles. The molecule has 1 aliphatic heterocycles. The summed E-state index contributed by atoms with van der Waals surface area (Å²) in [6.45, 7) is 0. The Bertz CT molecular complexity index is 860. The fourth-order valence-corrected chi connectivity index (χ4v) is 2.47. The quantitative estimate of drug-likeness (QED) is 0.571. The normalized spacial score (nSPS) is 13.2. The van der Waals surface area contributed by atoms with Crippen molar-refractivity contribution in [2.24, 2.45) is 0 Å². The van der Waals surface area contributed by atoms with E-state index in [1.807, 2.05) is 0 Å². The van der Waals surface area contributed by atoms with E-state index in [2.05, 4.69) is 5.32 Å². The minimum absolute atomic E-state index is 0.146. The van der Waals surface area contributed by atoms with Crippen LogP contribution < -0.4 is 16.8 Å². The van der Waals surface area contributed by atoms with E-state index >= 15 is 0 Å². The molecule has 3 rings (SSSR count). The van der Waals surface area contributed by atoms with Crippen molar-refractivity contribution in [3.8, 4) is 0 Å². The van der Waals surface area contributed by atoms with Crippen LogP contribution in [-0.2, 0) is 0 Å². The number of nitrogens with one attached hydrogen (secondary N) is 1. The van der Waals surface area contributed by atoms with Crippen LogP contribution in [-0.4, -0.2) is 29.7 Å². The van der Waals surface area contributed by atoms with Gasteiger partial charge in [0.05, 0.1) is 11.1 Å². The first-order valence-electron chi connectivity index (χ1n) is 6.81. The molecule has 1 aliphatic rings. The number of fused-ring (bicyclic) bond motifs is 1. The number of amides is 3. The van der Waals surface area contributed by atoms with Gasteiger partial charge in [-0.15, -0.1) is 0 Å². The van der Waals surface area contributed by atoms with Gasteiger partial charge >= 0.3 is 0 Å². The summed E-state index contributed by atoms with van der Waals surface area (Å²) in [6, 6.07) is 9.38. The van der Waals surface area contributed by atoms with Crippen LogP contribution in [0.5, 0.6) is 0 Å². The smallest absolute Gasteiger partial charge is 0.263 e. The predicted octanol–water partition coefficient (Wildman–Crippen LogP) is 1.33. The zero-order chi connectivity index (χ0) is 16.7. The van der Waals surface area contributed by atoms with Crippen LogP contribution in [0.4, 0.5) is 17.1 Å². The molecule has 0 unspecified atom stereocenters. The average molecular weight is 310 g/mol. The standard InChI is InChI=1S/C16H14N4O3/c1-20-15(22)11-6-10(7-12(18)13(11)16(20)23)19-14(21)8-3-2-4-9(17)5-8/h2-7H,17-18H2,1H3,(H,19,21). The van der Waals surface area contributed by atoms with Crippen LogP contribution in [0.25, 0.3) is 0 Å². The van der Waals surface area contributed by atoms with Gasteiger partial charge < -0.3 is 16.8 Å². The fourth-order valence-electron chi connectivity index (χ4n) is 2.47. The molecule has 0 atom stereocenters. The number of benzene rings is 2. The third-order valence-electron chi connectivity index (χ3n) is 3.63. The van der Waals surface area contributed by atoms with Crippen molar-refractivity contribution < 1.29 is 14.4 Å². The van der Waals surface area contributed by atoms with Crippen LogP contribution in [0.1, 0.15) is 31.1 Å². The van der Waals surface area contributed by atoms with Crippen molar-refractivity contribution in [2.45, 2.75) is 0 Å². The maximum Gasteiger partial charge on any atom is 0.263 e. The van der Waals surface area contributed by atoms with Gasteiger partial charge in [-0.25, -0.2) is 0 Å². The number of rotatable bonds is 2. The molecule has 0 saturated heterocycles. The molecule has 2 aromatic rings. The number of carbonyl (C=O) groups excluding carboxylic acids is 3. The van der Waals surface area contributed by atoms with E-state index in [0.717, 1.165) is 4.90 Å². The summed E-state index contributed by atoms with van der Waals surface area (Å²) in [5.74, 6) is -1.28. The Morgan fingerprint density at radius 2 is 1.83 bits per heavy atom. The Morgan fingerprint density at radius 3 is 2.52 bits per heavy atom. The number of hydrogen-bond acceptors (Lipinski definition) is 5. The van der Waals surface area contributed by atoms with Gasteiger partial charge in [-0.05, 0) is 30.3 Å². The van der Waals surface area contributed by atoms with Crippen LogP contribution in [0.2, 0.25) is 0 Å². The molecule has 116 valence electrons. The SMILES string of the molecule is CN1C(=O)c2cc(NC(=O)c3cccc(N)c3)cc(N)c2C1=O. The number of hydrogen-bond donors (Lipinski definition) is 3. The molecule has 3 amide bonds. The Morgan fingerprint density at radius 1 is 1.09 bits per heavy atom. The lowest BCUT2D eigenvalue weighted by molar-refractivity contribution is 0.0693. The minimum Gasteiger partial charge on any atom is -0.399 e. The van der Waals surface area contributed by atoms with Gasteiger partial charge in [-0.3, -0.25) is 19.3 Å². The Kier molecular flexibility index (Phi) is 3.25. The Labute approximate surface area is 131 Å². The lowest BCUT2D eigenvalue weighted by Crippen LogP contribution is -2.24. The van der Waals surface area contributed by atoms with Gasteiger partial charge in [0.1, 0.15) is 0 Å². The van der Waals surface area contributed by atoms with E-state index in [-0.39, 0.29) is 22.7 Å². The molecule has 7 heteroatoms. The van der Waals surface area contributed by atoms with Crippen LogP contribution in [0.15, 0.2) is 36.4 Å². The van der Waals surface area contributed by atoms with E-state index in [0.29, 0.717) is 16.9 Å². The van der Waals surface area contributed by atoms with E-state index in [9.17, 15) is 14.4 Å². The first kappa shape index (κ1) is 14.6. The van der Waals surface area contributed by atoms with Gasteiger partial charge in [-0.1, -0.05) is 6.07 Å². The third-order valence-corrected chi connectivity index (χ3v) is 3.63. The van der Waals surface area contributed by atoms with Crippen molar-refractivity contribution in [3.63, 3.8) is 0 Å². The van der Waals surface area contributed by atoms with Crippen LogP contribution in [0.3, 0.4) is 0 Å². The summed E-state index contributed by atoms with van der Waals surface area (Å²) >= 11 is 0. The largest absolute Gasteiger partial charge is 0.399 e. The summed E-state index contributed by atoms with van der Waals surface area (Å²) in [5, 5.41) is 2.65. The highest BCUT2D eigenvalue weighted by Gasteiger charge is 2.35. The molecule has 0 fully saturated rings. The second kappa shape index (κ2) is 5.13. The lowest BCUT2D eigenvalue weighted by Gasteiger charge is -2.08. The summed E-state index contributed by atoms with van der Waals surface area (Å²) in [6.07, 6.45) is 0. The van der Waals surface area contributed by atoms with Crippen molar-refractivity contribution >= 4 is 34.8 Å². The second-order valence-electron chi connectivity index (χ2n) is 5.24. The zero-order valence-corrected chi connectivity index (χ0v) is 12.3. The first-order valence-corrected chi connectivity index (χ1v) is 6.81. The first-order chi connectivity index (χ1) is 10.9. The lowest BCUT2D eigenvalue weighted by atomic mass is 10.1. The van der Waals surface area contributed by atoms with E-state index in [4.69, 9.17) is 11.5 Å². The number of anilines is 3. The minimum atomic E-state index is -0.448. The molecule has 0 radical (unpaired) electrons. The summed E-state index contributed by atoms with van der Waals surface area (Å²) < 4.78 is 0. The van der Waals surface area contributed by atoms with Crippen LogP contribution >= 0.6 is 0 Å². The molecule has 23 heavy (non-hydrogen) atoms. The van der Waals surface area contributed by atoms with Gasteiger partial charge in [0.15, 0.2) is 0 Å². The maximum absolute atomic E-state index is 12.2. The average Bonchev–Trinajstić information content (AvgIpc) is 2.72. The summed E-state index contributed by atoms with van der Waals surface area (Å²) in [4.78, 5) is 37.2. The maximum atomic E-state index is 12.2. The molecular weight excluding hydrogens is 296 g/mol. The van der Waals surface area contributed by atoms with E-state index < -0.39 is 11.8 Å². The number of nitrogen functional groups attached to an aromatic ring is 2. The van der Waals surface area contributed by atoms with E-state index in [1.165, 1.54) is 25.2 Å². The monoisotopic (exact) mass is 310 g/mol. The molecule has 0 aromatic heterocycles. The number of imide groups is 1. The Hall–Kier alpha value is -3.35. The van der Waals surface area contributed by atoms with E-state index in [1.54, 1.807) is 18.2 Å². The predicted molar refractivity (Wildman–Crippen MR) is 86.1 cm³/mol. The molecule has 0 bridgehead atoms. The highest BCUT2D eigenvalue weighted by molar-refractivity contribution is 6.24. The molecule has 5 N–H and O–H groups in total. The van der Waals surface area contributed by atoms with Crippen molar-refractivity contribution in [2.75, 3.05) is 23.8 Å². The third kappa shape index (κ3) is 2.38. The topological polar surface area (TPSA) is 119 Å². The highest BCUT2D eigenvalue weighted by Crippen LogP contribution is 2.30. The second-order valence-corrected chi connectivity index (χ2v) is 5.24. The number of carbonyl (C=O) groups is 3. The molecule has 7 nitrogen and oxygen atoms in total. The van der Waals surface area contributed by atoms with Crippen molar-refractivity contribution in [1.29, 1.82) is 0 Å². The van der Waals surface area contributed by atoms with Gasteiger partial charge in [0, 0.05) is 29.7 Å². The van der Waals surface area contributed by atoms with Crippen molar-refractivity contribution in [1.82, 2.24) is 4.90 Å². The summed E-state index contributed by atoms with van der Waals surface area (Å²) in [7, 11) is 1.38. The number of nitrogens with two attached hydrogens (primary N) is 2. The molecule has 0 saturated carbocycles. The molecule has 0 spiro atoms. The molecule has 2 aromatic carbocycles. The summed E-state index contributed by atoms with van der Waals surface area (Å²) in [5.41, 5.74) is 13.2. The van der Waals surface area contributed by atoms with Gasteiger partial charge in [-0.2, -0.15) is 0 Å². The molecular formula is C16H14N4O3.